The number of sulfone groups is 1. The maximum atomic E-state index is 13.3. The van der Waals surface area contributed by atoms with Crippen molar-refractivity contribution in [1.29, 1.82) is 0 Å². The first-order chi connectivity index (χ1) is 19.6. The quantitative estimate of drug-likeness (QED) is 0.153. The van der Waals surface area contributed by atoms with Crippen LogP contribution >= 0.6 is 0 Å². The lowest BCUT2D eigenvalue weighted by atomic mass is 9.94. The maximum absolute atomic E-state index is 13.3. The molecule has 41 heavy (non-hydrogen) atoms. The molecule has 3 aromatic carbocycles. The Morgan fingerprint density at radius 2 is 1.54 bits per heavy atom. The molecule has 2 amide bonds. The van der Waals surface area contributed by atoms with E-state index >= 15 is 0 Å². The molecule has 0 saturated carbocycles. The molecular weight excluding hydrogens is 548 g/mol. The predicted molar refractivity (Wildman–Crippen MR) is 149 cm³/mol. The molecule has 0 spiro atoms. The number of β-lactam (4-membered cyclic amide) rings is 1. The summed E-state index contributed by atoms with van der Waals surface area (Å²) in [5.74, 6) is -2.80. The molecule has 214 valence electrons. The molecule has 2 N–H and O–H groups in total. The van der Waals surface area contributed by atoms with E-state index in [-0.39, 0.29) is 17.9 Å². The molecule has 0 bridgehead atoms. The molecule has 0 radical (unpaired) electrons. The molecule has 11 heteroatoms. The minimum atomic E-state index is -3.96. The number of ether oxygens (including phenoxy) is 2. The number of benzene rings is 3. The van der Waals surface area contributed by atoms with Crippen molar-refractivity contribution >= 4 is 27.6 Å². The lowest BCUT2D eigenvalue weighted by Crippen LogP contribution is -2.72. The van der Waals surface area contributed by atoms with Crippen molar-refractivity contribution in [2.24, 2.45) is 0 Å². The standard InChI is InChI=1S/C30H30N2O8S/c1-20(33)28(30(36)40-18-22-13-15-23(39-2)16-14-22)32-25(19-41(37,38)24-11-7-4-8-12-24)27(29(32)35)31-26(34)17-21-9-5-3-6-10-21/h3-16,25,27,33H,17-19H2,1-2H3,(H,31,34)/b28-20+. The number of likely N-dealkylation sites (tertiary alicyclic amines) is 1. The van der Waals surface area contributed by atoms with E-state index < -0.39 is 56.9 Å². The van der Waals surface area contributed by atoms with Crippen LogP contribution in [0.2, 0.25) is 0 Å². The topological polar surface area (TPSA) is 139 Å². The van der Waals surface area contributed by atoms with Crippen molar-refractivity contribution < 1.29 is 37.4 Å². The Morgan fingerprint density at radius 3 is 2.12 bits per heavy atom. The van der Waals surface area contributed by atoms with E-state index in [0.717, 1.165) is 4.90 Å². The number of aliphatic hydroxyl groups excluding tert-OH is 1. The highest BCUT2D eigenvalue weighted by molar-refractivity contribution is 7.91. The second kappa shape index (κ2) is 12.7. The summed E-state index contributed by atoms with van der Waals surface area (Å²) in [6.07, 6.45) is -0.0333. The third kappa shape index (κ3) is 6.93. The van der Waals surface area contributed by atoms with Gasteiger partial charge in [0.2, 0.25) is 5.91 Å². The van der Waals surface area contributed by atoms with Crippen LogP contribution in [0.3, 0.4) is 0 Å². The van der Waals surface area contributed by atoms with Crippen LogP contribution in [0, 0.1) is 0 Å². The van der Waals surface area contributed by atoms with E-state index in [9.17, 15) is 27.9 Å². The molecule has 3 aromatic rings. The average Bonchev–Trinajstić information content (AvgIpc) is 2.97. The van der Waals surface area contributed by atoms with Crippen molar-refractivity contribution in [1.82, 2.24) is 10.2 Å². The highest BCUT2D eigenvalue weighted by Gasteiger charge is 2.53. The smallest absolute Gasteiger partial charge is 0.358 e. The fourth-order valence-corrected chi connectivity index (χ4v) is 6.02. The van der Waals surface area contributed by atoms with Crippen molar-refractivity contribution in [3.8, 4) is 5.75 Å². The van der Waals surface area contributed by atoms with Gasteiger partial charge in [0.25, 0.3) is 5.91 Å². The fourth-order valence-electron chi connectivity index (χ4n) is 4.46. The summed E-state index contributed by atoms with van der Waals surface area (Å²) < 4.78 is 37.0. The van der Waals surface area contributed by atoms with E-state index in [1.54, 1.807) is 72.8 Å². The van der Waals surface area contributed by atoms with Gasteiger partial charge in [0.05, 0.1) is 30.2 Å². The Kier molecular flexibility index (Phi) is 9.08. The van der Waals surface area contributed by atoms with Gasteiger partial charge in [-0.25, -0.2) is 13.2 Å². The summed E-state index contributed by atoms with van der Waals surface area (Å²) in [5.41, 5.74) is 0.833. The Hall–Kier alpha value is -4.64. The van der Waals surface area contributed by atoms with Gasteiger partial charge in [-0.2, -0.15) is 0 Å². The first-order valence-electron chi connectivity index (χ1n) is 12.7. The number of aliphatic hydroxyl groups is 1. The van der Waals surface area contributed by atoms with Crippen LogP contribution < -0.4 is 10.1 Å². The van der Waals surface area contributed by atoms with Crippen LogP contribution in [0.5, 0.6) is 5.75 Å². The molecule has 1 aliphatic rings. The van der Waals surface area contributed by atoms with Crippen LogP contribution in [0.1, 0.15) is 18.1 Å². The Balaban J connectivity index is 1.57. The molecule has 4 rings (SSSR count). The van der Waals surface area contributed by atoms with Crippen LogP contribution in [0.15, 0.2) is 101 Å². The fraction of sp³-hybridized carbons (Fsp3) is 0.233. The Labute approximate surface area is 238 Å². The summed E-state index contributed by atoms with van der Waals surface area (Å²) in [6, 6.07) is 20.8. The monoisotopic (exact) mass is 578 g/mol. The number of carbonyl (C=O) groups excluding carboxylic acids is 3. The molecule has 2 unspecified atom stereocenters. The zero-order chi connectivity index (χ0) is 29.6. The number of rotatable bonds is 11. The summed E-state index contributed by atoms with van der Waals surface area (Å²) in [4.78, 5) is 40.1. The van der Waals surface area contributed by atoms with E-state index in [1.165, 1.54) is 26.2 Å². The number of carbonyl (C=O) groups is 3. The number of nitrogens with zero attached hydrogens (tertiary/aromatic N) is 1. The number of hydrogen-bond acceptors (Lipinski definition) is 8. The third-order valence-corrected chi connectivity index (χ3v) is 8.31. The summed E-state index contributed by atoms with van der Waals surface area (Å²) in [5, 5.41) is 13.0. The first kappa shape index (κ1) is 29.3. The van der Waals surface area contributed by atoms with Crippen molar-refractivity contribution in [3.05, 3.63) is 108 Å². The third-order valence-electron chi connectivity index (χ3n) is 6.54. The van der Waals surface area contributed by atoms with Gasteiger partial charge >= 0.3 is 5.97 Å². The summed E-state index contributed by atoms with van der Waals surface area (Å²) in [7, 11) is -2.44. The van der Waals surface area contributed by atoms with E-state index in [0.29, 0.717) is 16.9 Å². The molecule has 1 saturated heterocycles. The average molecular weight is 579 g/mol. The van der Waals surface area contributed by atoms with Crippen LogP contribution in [0.4, 0.5) is 0 Å². The zero-order valence-electron chi connectivity index (χ0n) is 22.5. The van der Waals surface area contributed by atoms with Gasteiger partial charge in [0.15, 0.2) is 15.5 Å². The van der Waals surface area contributed by atoms with Gasteiger partial charge in [0.1, 0.15) is 24.2 Å². The summed E-state index contributed by atoms with van der Waals surface area (Å²) in [6.45, 7) is 1.02. The molecule has 10 nitrogen and oxygen atoms in total. The zero-order valence-corrected chi connectivity index (χ0v) is 23.3. The largest absolute Gasteiger partial charge is 0.510 e. The lowest BCUT2D eigenvalue weighted by Gasteiger charge is -2.47. The van der Waals surface area contributed by atoms with Crippen molar-refractivity contribution in [2.75, 3.05) is 12.9 Å². The number of allylic oxidation sites excluding steroid dienone is 1. The Morgan fingerprint density at radius 1 is 0.927 bits per heavy atom. The minimum absolute atomic E-state index is 0.0157. The van der Waals surface area contributed by atoms with Gasteiger partial charge < -0.3 is 19.9 Å². The highest BCUT2D eigenvalue weighted by Crippen LogP contribution is 2.31. The van der Waals surface area contributed by atoms with Crippen LogP contribution in [-0.2, 0) is 42.0 Å². The van der Waals surface area contributed by atoms with Gasteiger partial charge in [-0.15, -0.1) is 0 Å². The minimum Gasteiger partial charge on any atom is -0.510 e. The number of nitrogens with one attached hydrogen (secondary N) is 1. The molecule has 0 aromatic heterocycles. The highest BCUT2D eigenvalue weighted by atomic mass is 32.2. The molecule has 1 heterocycles. The van der Waals surface area contributed by atoms with Crippen LogP contribution in [-0.4, -0.2) is 61.2 Å². The predicted octanol–water partition coefficient (Wildman–Crippen LogP) is 2.94. The normalized spacial score (nSPS) is 17.2. The van der Waals surface area contributed by atoms with Crippen LogP contribution in [0.25, 0.3) is 0 Å². The van der Waals surface area contributed by atoms with E-state index in [2.05, 4.69) is 5.32 Å². The lowest BCUT2D eigenvalue weighted by molar-refractivity contribution is -0.156. The number of methoxy groups -OCH3 is 1. The van der Waals surface area contributed by atoms with Crippen molar-refractivity contribution in [3.63, 3.8) is 0 Å². The van der Waals surface area contributed by atoms with E-state index in [1.807, 2.05) is 0 Å². The SMILES string of the molecule is COc1ccc(COC(=O)/C(=C(/C)O)N2C(=O)C(NC(=O)Cc3ccccc3)C2CS(=O)(=O)c2ccccc2)cc1. The maximum Gasteiger partial charge on any atom is 0.358 e. The Bertz CT molecular complexity index is 1530. The summed E-state index contributed by atoms with van der Waals surface area (Å²) >= 11 is 0. The van der Waals surface area contributed by atoms with E-state index in [4.69, 9.17) is 9.47 Å². The van der Waals surface area contributed by atoms with Gasteiger partial charge in [-0.05, 0) is 42.3 Å². The van der Waals surface area contributed by atoms with Gasteiger partial charge in [-0.3, -0.25) is 14.5 Å². The number of hydrogen-bond donors (Lipinski definition) is 2. The second-order valence-corrected chi connectivity index (χ2v) is 11.5. The molecular formula is C30H30N2O8S. The van der Waals surface area contributed by atoms with Gasteiger partial charge in [0, 0.05) is 0 Å². The van der Waals surface area contributed by atoms with Crippen molar-refractivity contribution in [2.45, 2.75) is 36.9 Å². The number of esters is 1. The number of amides is 2. The molecule has 1 fully saturated rings. The van der Waals surface area contributed by atoms with Gasteiger partial charge in [-0.1, -0.05) is 60.7 Å². The molecule has 2 atom stereocenters. The molecule has 1 aliphatic heterocycles. The first-order valence-corrected chi connectivity index (χ1v) is 14.4. The molecule has 0 aliphatic carbocycles. The second-order valence-electron chi connectivity index (χ2n) is 9.44.